The topological polar surface area (TPSA) is 98.9 Å². The molecule has 1 atom stereocenters. The summed E-state index contributed by atoms with van der Waals surface area (Å²) >= 11 is 0. The van der Waals surface area contributed by atoms with E-state index in [9.17, 15) is 20.3 Å². The number of nitro groups is 1. The van der Waals surface area contributed by atoms with Crippen LogP contribution in [0.1, 0.15) is 37.3 Å². The number of piperazine rings is 1. The maximum Gasteiger partial charge on any atom is 0.314 e. The van der Waals surface area contributed by atoms with E-state index in [2.05, 4.69) is 10.2 Å². The van der Waals surface area contributed by atoms with Crippen molar-refractivity contribution in [3.8, 4) is 11.5 Å². The molecule has 1 aliphatic heterocycles. The predicted octanol–water partition coefficient (Wildman–Crippen LogP) is 2.14. The van der Waals surface area contributed by atoms with Gasteiger partial charge in [0.05, 0.1) is 4.92 Å². The molecule has 7 heteroatoms. The Morgan fingerprint density at radius 2 is 1.87 bits per heavy atom. The summed E-state index contributed by atoms with van der Waals surface area (Å²) in [7, 11) is 0. The SMILES string of the molecule is O=[N+]([O-])c1cc([C@@H](C2CCCC2)N2CCNCC2)cc(O)c1O. The van der Waals surface area contributed by atoms with Gasteiger partial charge in [-0.25, -0.2) is 0 Å². The van der Waals surface area contributed by atoms with Crippen LogP contribution in [0.5, 0.6) is 11.5 Å². The zero-order chi connectivity index (χ0) is 16.4. The minimum Gasteiger partial charge on any atom is -0.504 e. The van der Waals surface area contributed by atoms with Gasteiger partial charge in [0.15, 0.2) is 5.75 Å². The minimum atomic E-state index is -0.649. The molecular weight excluding hydrogens is 298 g/mol. The number of nitrogens with zero attached hydrogens (tertiary/aromatic N) is 2. The molecule has 1 aromatic rings. The second-order valence-electron chi connectivity index (χ2n) is 6.44. The van der Waals surface area contributed by atoms with Crippen molar-refractivity contribution >= 4 is 5.69 Å². The summed E-state index contributed by atoms with van der Waals surface area (Å²) in [5.74, 6) is -0.617. The summed E-state index contributed by atoms with van der Waals surface area (Å²) in [5.41, 5.74) is 0.318. The van der Waals surface area contributed by atoms with Gasteiger partial charge in [0.25, 0.3) is 0 Å². The lowest BCUT2D eigenvalue weighted by Gasteiger charge is -2.38. The van der Waals surface area contributed by atoms with Crippen LogP contribution < -0.4 is 5.32 Å². The largest absolute Gasteiger partial charge is 0.504 e. The number of phenolic OH excluding ortho intramolecular Hbond substituents is 2. The van der Waals surface area contributed by atoms with Gasteiger partial charge in [0.1, 0.15) is 0 Å². The fraction of sp³-hybridized carbons (Fsp3) is 0.625. The molecule has 0 unspecified atom stereocenters. The Morgan fingerprint density at radius 3 is 2.48 bits per heavy atom. The van der Waals surface area contributed by atoms with Gasteiger partial charge in [-0.05, 0) is 30.4 Å². The average Bonchev–Trinajstić information content (AvgIpc) is 3.05. The smallest absolute Gasteiger partial charge is 0.314 e. The predicted molar refractivity (Wildman–Crippen MR) is 85.6 cm³/mol. The van der Waals surface area contributed by atoms with E-state index in [0.29, 0.717) is 5.92 Å². The first kappa shape index (κ1) is 16.0. The van der Waals surface area contributed by atoms with Crippen molar-refractivity contribution < 1.29 is 15.1 Å². The van der Waals surface area contributed by atoms with E-state index in [-0.39, 0.29) is 6.04 Å². The highest BCUT2D eigenvalue weighted by atomic mass is 16.6. The third-order valence-electron chi connectivity index (χ3n) is 5.02. The van der Waals surface area contributed by atoms with E-state index in [1.54, 1.807) is 0 Å². The molecule has 1 saturated carbocycles. The van der Waals surface area contributed by atoms with Gasteiger partial charge in [-0.1, -0.05) is 12.8 Å². The van der Waals surface area contributed by atoms with Crippen molar-refractivity contribution in [3.05, 3.63) is 27.8 Å². The Hall–Kier alpha value is -1.86. The molecule has 3 rings (SSSR count). The number of hydrogen-bond acceptors (Lipinski definition) is 6. The lowest BCUT2D eigenvalue weighted by Crippen LogP contribution is -2.46. The molecule has 23 heavy (non-hydrogen) atoms. The van der Waals surface area contributed by atoms with Crippen LogP contribution >= 0.6 is 0 Å². The number of nitrogens with one attached hydrogen (secondary N) is 1. The Kier molecular flexibility index (Phi) is 4.68. The molecule has 0 spiro atoms. The summed E-state index contributed by atoms with van der Waals surface area (Å²) in [4.78, 5) is 12.9. The number of hydrogen-bond donors (Lipinski definition) is 3. The molecule has 2 aliphatic rings. The van der Waals surface area contributed by atoms with E-state index in [1.165, 1.54) is 25.0 Å². The van der Waals surface area contributed by atoms with Crippen molar-refractivity contribution in [2.75, 3.05) is 26.2 Å². The zero-order valence-electron chi connectivity index (χ0n) is 13.1. The highest BCUT2D eigenvalue weighted by Gasteiger charge is 2.34. The summed E-state index contributed by atoms with van der Waals surface area (Å²) in [6, 6.07) is 2.98. The molecule has 0 radical (unpaired) electrons. The zero-order valence-corrected chi connectivity index (χ0v) is 13.1. The molecule has 7 nitrogen and oxygen atoms in total. The van der Waals surface area contributed by atoms with Crippen molar-refractivity contribution in [2.24, 2.45) is 5.92 Å². The van der Waals surface area contributed by atoms with Crippen LogP contribution in [-0.2, 0) is 0 Å². The van der Waals surface area contributed by atoms with Crippen molar-refractivity contribution in [3.63, 3.8) is 0 Å². The summed E-state index contributed by atoms with van der Waals surface area (Å²) in [5, 5.41) is 34.1. The van der Waals surface area contributed by atoms with E-state index in [1.807, 2.05) is 0 Å². The maximum absolute atomic E-state index is 11.2. The molecule has 0 amide bonds. The first-order chi connectivity index (χ1) is 11.1. The Bertz CT molecular complexity index is 581. The van der Waals surface area contributed by atoms with Crippen molar-refractivity contribution in [1.29, 1.82) is 0 Å². The first-order valence-corrected chi connectivity index (χ1v) is 8.23. The van der Waals surface area contributed by atoms with Gasteiger partial charge >= 0.3 is 5.69 Å². The van der Waals surface area contributed by atoms with Crippen LogP contribution in [0.4, 0.5) is 5.69 Å². The molecule has 1 heterocycles. The van der Waals surface area contributed by atoms with Gasteiger partial charge in [-0.2, -0.15) is 0 Å². The molecule has 2 fully saturated rings. The fourth-order valence-corrected chi connectivity index (χ4v) is 3.95. The van der Waals surface area contributed by atoms with E-state index < -0.39 is 22.1 Å². The number of phenols is 2. The quantitative estimate of drug-likeness (QED) is 0.446. The minimum absolute atomic E-state index is 0.0600. The molecule has 1 aromatic carbocycles. The Labute approximate surface area is 135 Å². The van der Waals surface area contributed by atoms with E-state index in [0.717, 1.165) is 44.6 Å². The normalized spacial score (nSPS) is 21.4. The molecule has 1 aliphatic carbocycles. The molecule has 3 N–H and O–H groups in total. The molecule has 0 aromatic heterocycles. The van der Waals surface area contributed by atoms with E-state index >= 15 is 0 Å². The first-order valence-electron chi connectivity index (χ1n) is 8.23. The number of benzene rings is 1. The lowest BCUT2D eigenvalue weighted by molar-refractivity contribution is -0.386. The van der Waals surface area contributed by atoms with E-state index in [4.69, 9.17) is 0 Å². The highest BCUT2D eigenvalue weighted by Crippen LogP contribution is 2.44. The highest BCUT2D eigenvalue weighted by molar-refractivity contribution is 5.57. The van der Waals surface area contributed by atoms with Crippen LogP contribution in [0.2, 0.25) is 0 Å². The summed E-state index contributed by atoms with van der Waals surface area (Å²) in [6.07, 6.45) is 4.56. The molecule has 0 bridgehead atoms. The van der Waals surface area contributed by atoms with Gasteiger partial charge in [0, 0.05) is 38.3 Å². The second kappa shape index (κ2) is 6.72. The number of aromatic hydroxyl groups is 2. The van der Waals surface area contributed by atoms with Crippen molar-refractivity contribution in [1.82, 2.24) is 10.2 Å². The Balaban J connectivity index is 1.99. The maximum atomic E-state index is 11.2. The number of nitro benzene ring substituents is 1. The standard InChI is InChI=1S/C16H23N3O4/c20-14-10-12(9-13(16(14)21)19(22)23)15(11-3-1-2-4-11)18-7-5-17-6-8-18/h9-11,15,17,20-21H,1-8H2/t15-/m1/s1. The number of rotatable bonds is 4. The summed E-state index contributed by atoms with van der Waals surface area (Å²) in [6.45, 7) is 3.57. The second-order valence-corrected chi connectivity index (χ2v) is 6.44. The monoisotopic (exact) mass is 321 g/mol. The van der Waals surface area contributed by atoms with Crippen LogP contribution in [0, 0.1) is 16.0 Å². The van der Waals surface area contributed by atoms with Gasteiger partial charge in [-0.3, -0.25) is 15.0 Å². The van der Waals surface area contributed by atoms with Crippen LogP contribution in [0.15, 0.2) is 12.1 Å². The molecule has 1 saturated heterocycles. The van der Waals surface area contributed by atoms with Gasteiger partial charge in [-0.15, -0.1) is 0 Å². The Morgan fingerprint density at radius 1 is 1.22 bits per heavy atom. The summed E-state index contributed by atoms with van der Waals surface area (Å²) < 4.78 is 0. The lowest BCUT2D eigenvalue weighted by atomic mass is 9.89. The van der Waals surface area contributed by atoms with Crippen LogP contribution in [0.3, 0.4) is 0 Å². The molecular formula is C16H23N3O4. The van der Waals surface area contributed by atoms with Crippen molar-refractivity contribution in [2.45, 2.75) is 31.7 Å². The third kappa shape index (κ3) is 3.25. The van der Waals surface area contributed by atoms with Crippen LogP contribution in [0.25, 0.3) is 0 Å². The van der Waals surface area contributed by atoms with Gasteiger partial charge < -0.3 is 15.5 Å². The third-order valence-corrected chi connectivity index (χ3v) is 5.02. The average molecular weight is 321 g/mol. The van der Waals surface area contributed by atoms with Gasteiger partial charge in [0.2, 0.25) is 5.75 Å². The van der Waals surface area contributed by atoms with Crippen LogP contribution in [-0.4, -0.2) is 46.2 Å². The molecule has 126 valence electrons. The fourth-order valence-electron chi connectivity index (χ4n) is 3.95.